The summed E-state index contributed by atoms with van der Waals surface area (Å²) in [6, 6.07) is 14.0. The summed E-state index contributed by atoms with van der Waals surface area (Å²) < 4.78 is 50.6. The lowest BCUT2D eigenvalue weighted by Crippen LogP contribution is -2.55. The number of anilines is 1. The molecule has 1 fully saturated rings. The van der Waals surface area contributed by atoms with E-state index in [1.165, 1.54) is 18.4 Å². The predicted molar refractivity (Wildman–Crippen MR) is 396 cm³/mol. The highest BCUT2D eigenvalue weighted by molar-refractivity contribution is 7.09. The monoisotopic (exact) mass is 1480 g/mol. The van der Waals surface area contributed by atoms with Crippen LogP contribution in [0.4, 0.5) is 15.3 Å². The largest absolute Gasteiger partial charge is 0.445 e. The number of ether oxygens (including phenoxy) is 9. The van der Waals surface area contributed by atoms with E-state index in [9.17, 15) is 43.2 Å². The number of alkyl carbamates (subject to hydrolysis) is 1. The van der Waals surface area contributed by atoms with E-state index >= 15 is 0 Å². The number of aromatic nitrogens is 1. The Kier molecular flexibility index (Phi) is 42.3. The van der Waals surface area contributed by atoms with Crippen LogP contribution in [0.5, 0.6) is 0 Å². The topological polar surface area (TPSA) is 356 Å². The Labute approximate surface area is 620 Å². The van der Waals surface area contributed by atoms with E-state index in [2.05, 4.69) is 38.4 Å². The summed E-state index contributed by atoms with van der Waals surface area (Å²) in [4.78, 5) is 132. The maximum Gasteiger partial charge on any atom is 0.408 e. The van der Waals surface area contributed by atoms with Crippen molar-refractivity contribution in [1.82, 2.24) is 30.7 Å². The van der Waals surface area contributed by atoms with Crippen molar-refractivity contribution in [3.63, 3.8) is 0 Å². The number of carbonyl (C=O) groups excluding carboxylic acids is 9. The van der Waals surface area contributed by atoms with Crippen LogP contribution in [0.25, 0.3) is 0 Å². The molecule has 1 aromatic heterocycles. The fourth-order valence-corrected chi connectivity index (χ4v) is 13.4. The number of hydrogen-bond acceptors (Lipinski definition) is 21. The standard InChI is InChI=1S/C76H121N9O18S/c1-13-53(6)69(64(95-11)49-67(90)85-31-18-22-61(85)70(96-12)54(7)62(86)47-58(72-79-30-44-104-72)45-55-19-15-14-16-20-55)84(10)73(92)60(51(2)3)48-65(88)76(8,9)83-75(94)103-50-56-23-25-59(26-24-56)81-71(91)57(21-17-29-80-74(78)93)46-63(87)68(52(4)5)82-66(89)27-32-97-34-36-99-38-40-101-42-43-102-41-39-100-37-35-98-33-28-77/h14-16,19-20,23-26,30,44,51-54,57-58,60-61,64,68-70H,13,17-18,21-22,27-29,31-43,45-50,77H2,1-12H3,(H,81,91)(H,82,89)(H,83,94)(H3,78,80,93)/t53-,54-,57+,58+,60-,61-,64+,68-,69-,70+/m0/s1. The SMILES string of the molecule is CC[C@H](C)[C@@H]([C@@H](CC(=O)N1CCC[C@H]1[C@H](OC)[C@@H](C)C(=O)C[C@@H](Cc1ccccc1)c1nccs1)OC)N(C)C(=O)[C@@H](CC(=O)C(C)(C)NC(=O)OCc1ccc(NC(=O)[C@H](CCCNC(N)=O)CC(=O)[C@@H](NC(=O)CCOCCOCCOCCOCCOCCOCCN)C(C)C)cc1)C(C)C. The molecule has 104 heavy (non-hydrogen) atoms. The number of likely N-dealkylation sites (N-methyl/N-ethyl adjacent to an activating group) is 1. The predicted octanol–water partition coefficient (Wildman–Crippen LogP) is 7.84. The maximum absolute atomic E-state index is 14.8. The summed E-state index contributed by atoms with van der Waals surface area (Å²) in [7, 11) is 4.81. The molecule has 7 amide bonds. The minimum atomic E-state index is -1.47. The lowest BCUT2D eigenvalue weighted by molar-refractivity contribution is -0.149. The smallest absolute Gasteiger partial charge is 0.408 e. The van der Waals surface area contributed by atoms with Crippen molar-refractivity contribution < 1.29 is 85.8 Å². The zero-order valence-corrected chi connectivity index (χ0v) is 64.4. The van der Waals surface area contributed by atoms with Gasteiger partial charge in [-0.05, 0) is 87.0 Å². The number of benzene rings is 2. The molecule has 584 valence electrons. The number of urea groups is 1. The quantitative estimate of drug-likeness (QED) is 0.0293. The number of hydrogen-bond donors (Lipinski definition) is 6. The Morgan fingerprint density at radius 3 is 1.88 bits per heavy atom. The number of carbonyl (C=O) groups is 9. The second-order valence-electron chi connectivity index (χ2n) is 27.8. The molecule has 2 aromatic carbocycles. The molecule has 1 saturated heterocycles. The molecule has 27 nitrogen and oxygen atoms in total. The van der Waals surface area contributed by atoms with Crippen molar-refractivity contribution in [1.29, 1.82) is 0 Å². The van der Waals surface area contributed by atoms with Crippen LogP contribution in [-0.2, 0) is 89.2 Å². The van der Waals surface area contributed by atoms with Crippen LogP contribution in [-0.4, -0.2) is 224 Å². The number of nitrogens with one attached hydrogen (secondary N) is 4. The minimum absolute atomic E-state index is 0.0110. The molecule has 1 aliphatic rings. The van der Waals surface area contributed by atoms with Gasteiger partial charge < -0.3 is 85.2 Å². The Hall–Kier alpha value is -6.86. The average Bonchev–Trinajstić information content (AvgIpc) is 1.31. The first kappa shape index (κ1) is 89.5. The highest BCUT2D eigenvalue weighted by Crippen LogP contribution is 2.34. The molecule has 28 heteroatoms. The van der Waals surface area contributed by atoms with E-state index in [-0.39, 0.29) is 118 Å². The number of primary amides is 1. The zero-order valence-electron chi connectivity index (χ0n) is 63.6. The molecule has 0 saturated carbocycles. The third kappa shape index (κ3) is 32.1. The number of likely N-dealkylation sites (tertiary alicyclic amines) is 1. The Balaban J connectivity index is 1.27. The normalized spacial score (nSPS) is 15.8. The van der Waals surface area contributed by atoms with E-state index in [0.717, 1.165) is 17.0 Å². The van der Waals surface area contributed by atoms with Crippen LogP contribution < -0.4 is 32.7 Å². The van der Waals surface area contributed by atoms with Crippen molar-refractivity contribution in [3.05, 3.63) is 82.3 Å². The maximum atomic E-state index is 14.8. The van der Waals surface area contributed by atoms with Gasteiger partial charge in [0.1, 0.15) is 12.4 Å². The molecule has 10 atom stereocenters. The Morgan fingerprint density at radius 2 is 1.34 bits per heavy atom. The summed E-state index contributed by atoms with van der Waals surface area (Å²) in [5.41, 5.74) is 11.2. The lowest BCUT2D eigenvalue weighted by atomic mass is 9.83. The highest BCUT2D eigenvalue weighted by atomic mass is 32.1. The van der Waals surface area contributed by atoms with Gasteiger partial charge in [0.2, 0.25) is 23.6 Å². The van der Waals surface area contributed by atoms with Crippen LogP contribution >= 0.6 is 11.3 Å². The van der Waals surface area contributed by atoms with Gasteiger partial charge in [0.15, 0.2) is 11.6 Å². The molecule has 0 bridgehead atoms. The van der Waals surface area contributed by atoms with E-state index < -0.39 is 77.3 Å². The van der Waals surface area contributed by atoms with Gasteiger partial charge in [0, 0.05) is 108 Å². The second-order valence-corrected chi connectivity index (χ2v) is 28.7. The fourth-order valence-electron chi connectivity index (χ4n) is 12.7. The fraction of sp³-hybridized carbons (Fsp3) is 0.684. The summed E-state index contributed by atoms with van der Waals surface area (Å²) in [5, 5.41) is 13.7. The van der Waals surface area contributed by atoms with Crippen molar-refractivity contribution in [2.24, 2.45) is 47.0 Å². The Morgan fingerprint density at radius 1 is 0.731 bits per heavy atom. The number of methoxy groups -OCH3 is 2. The Bertz CT molecular complexity index is 3020. The molecule has 2 heterocycles. The van der Waals surface area contributed by atoms with Crippen LogP contribution in [0.3, 0.4) is 0 Å². The highest BCUT2D eigenvalue weighted by Gasteiger charge is 2.44. The number of Topliss-reactive ketones (excluding diaryl/α,β-unsaturated/α-hetero) is 3. The first-order valence-corrected chi connectivity index (χ1v) is 37.6. The van der Waals surface area contributed by atoms with Crippen molar-refractivity contribution in [2.45, 2.75) is 181 Å². The first-order chi connectivity index (χ1) is 49.8. The van der Waals surface area contributed by atoms with E-state index in [0.29, 0.717) is 116 Å². The first-order valence-electron chi connectivity index (χ1n) is 36.7. The third-order valence-electron chi connectivity index (χ3n) is 18.9. The van der Waals surface area contributed by atoms with Crippen LogP contribution in [0, 0.1) is 35.5 Å². The number of thiazole rings is 1. The van der Waals surface area contributed by atoms with Gasteiger partial charge in [0.25, 0.3) is 0 Å². The molecule has 0 unspecified atom stereocenters. The molecule has 4 rings (SSSR count). The van der Waals surface area contributed by atoms with Gasteiger partial charge in [-0.15, -0.1) is 11.3 Å². The van der Waals surface area contributed by atoms with E-state index in [1.54, 1.807) is 77.2 Å². The number of ketones is 3. The van der Waals surface area contributed by atoms with Crippen LogP contribution in [0.1, 0.15) is 149 Å². The molecule has 3 aromatic rings. The minimum Gasteiger partial charge on any atom is -0.445 e. The number of nitrogens with two attached hydrogens (primary N) is 2. The summed E-state index contributed by atoms with van der Waals surface area (Å²) in [6.07, 6.45) is 2.62. The average molecular weight is 1480 g/mol. The molecular formula is C76H121N9O18S. The van der Waals surface area contributed by atoms with E-state index in [1.807, 2.05) is 63.1 Å². The molecule has 0 radical (unpaired) electrons. The zero-order chi connectivity index (χ0) is 76.6. The molecule has 0 aliphatic carbocycles. The summed E-state index contributed by atoms with van der Waals surface area (Å²) >= 11 is 1.53. The van der Waals surface area contributed by atoms with Gasteiger partial charge in [-0.3, -0.25) is 33.6 Å². The molecular weight excluding hydrogens is 1360 g/mol. The number of amides is 7. The lowest BCUT2D eigenvalue weighted by Gasteiger charge is -2.41. The van der Waals surface area contributed by atoms with E-state index in [4.69, 9.17) is 54.1 Å². The summed E-state index contributed by atoms with van der Waals surface area (Å²) in [5.74, 6) is -5.12. The van der Waals surface area contributed by atoms with Gasteiger partial charge in [-0.2, -0.15) is 0 Å². The van der Waals surface area contributed by atoms with Crippen molar-refractivity contribution >= 4 is 70.1 Å². The van der Waals surface area contributed by atoms with Crippen molar-refractivity contribution in [3.8, 4) is 0 Å². The van der Waals surface area contributed by atoms with Crippen LogP contribution in [0.15, 0.2) is 66.2 Å². The molecule has 1 aliphatic heterocycles. The number of rotatable bonds is 55. The van der Waals surface area contributed by atoms with Gasteiger partial charge in [0.05, 0.1) is 127 Å². The number of nitrogens with zero attached hydrogens (tertiary/aromatic N) is 3. The molecule has 8 N–H and O–H groups in total. The van der Waals surface area contributed by atoms with Gasteiger partial charge in [-0.25, -0.2) is 14.6 Å². The van der Waals surface area contributed by atoms with Crippen molar-refractivity contribution in [2.75, 3.05) is 126 Å². The molecule has 0 spiro atoms. The van der Waals surface area contributed by atoms with Crippen LogP contribution in [0.2, 0.25) is 0 Å². The summed E-state index contributed by atoms with van der Waals surface area (Å²) in [6.45, 7) is 21.8. The third-order valence-corrected chi connectivity index (χ3v) is 19.9. The van der Waals surface area contributed by atoms with Gasteiger partial charge >= 0.3 is 12.1 Å². The second kappa shape index (κ2) is 49.1. The van der Waals surface area contributed by atoms with Gasteiger partial charge in [-0.1, -0.05) is 97.4 Å².